The fraction of sp³-hybridized carbons (Fsp3) is 0.263. The number of sulfonamides is 1. The Kier molecular flexibility index (Phi) is 5.96. The van der Waals surface area contributed by atoms with Gasteiger partial charge in [0.25, 0.3) is 0 Å². The van der Waals surface area contributed by atoms with Gasteiger partial charge in [-0.3, -0.25) is 4.79 Å². The van der Waals surface area contributed by atoms with Gasteiger partial charge in [0.1, 0.15) is 0 Å². The number of fused-ring (bicyclic) bond motifs is 1. The minimum Gasteiger partial charge on any atom is -0.490 e. The van der Waals surface area contributed by atoms with Crippen LogP contribution in [-0.2, 0) is 21.2 Å². The second-order valence-corrected chi connectivity index (χ2v) is 7.89. The van der Waals surface area contributed by atoms with Crippen molar-refractivity contribution >= 4 is 27.3 Å². The van der Waals surface area contributed by atoms with E-state index < -0.39 is 10.0 Å². The summed E-state index contributed by atoms with van der Waals surface area (Å²) in [6, 6.07) is 9.72. The number of hydrogen-bond donors (Lipinski definition) is 2. The average molecular weight is 402 g/mol. The number of imidazole rings is 1. The summed E-state index contributed by atoms with van der Waals surface area (Å²) < 4.78 is 34.8. The largest absolute Gasteiger partial charge is 0.490 e. The number of pyridine rings is 1. The summed E-state index contributed by atoms with van der Waals surface area (Å²) in [5.74, 6) is 0.477. The van der Waals surface area contributed by atoms with Gasteiger partial charge in [0.15, 0.2) is 11.4 Å². The van der Waals surface area contributed by atoms with Crippen molar-refractivity contribution in [1.29, 1.82) is 0 Å². The topological polar surface area (TPSA) is 102 Å². The fourth-order valence-electron chi connectivity index (χ4n) is 2.74. The highest BCUT2D eigenvalue weighted by molar-refractivity contribution is 7.89. The van der Waals surface area contributed by atoms with Gasteiger partial charge in [0, 0.05) is 38.0 Å². The molecule has 0 radical (unpaired) electrons. The molecule has 2 aromatic heterocycles. The van der Waals surface area contributed by atoms with Crippen LogP contribution >= 0.6 is 0 Å². The summed E-state index contributed by atoms with van der Waals surface area (Å²) in [6.07, 6.45) is 4.17. The smallest absolute Gasteiger partial charge is 0.240 e. The molecule has 2 N–H and O–H groups in total. The molecule has 3 rings (SSSR count). The number of hydrogen-bond acceptors (Lipinski definition) is 5. The zero-order valence-corrected chi connectivity index (χ0v) is 16.5. The van der Waals surface area contributed by atoms with Crippen molar-refractivity contribution in [3.8, 4) is 5.75 Å². The van der Waals surface area contributed by atoms with Crippen molar-refractivity contribution in [3.63, 3.8) is 0 Å². The lowest BCUT2D eigenvalue weighted by Gasteiger charge is -2.07. The van der Waals surface area contributed by atoms with E-state index in [-0.39, 0.29) is 17.3 Å². The number of carbonyl (C=O) groups excluding carboxylic acids is 1. The molecule has 0 spiro atoms. The zero-order valence-electron chi connectivity index (χ0n) is 15.7. The highest BCUT2D eigenvalue weighted by Crippen LogP contribution is 2.19. The van der Waals surface area contributed by atoms with Gasteiger partial charge in [-0.05, 0) is 43.3 Å². The average Bonchev–Trinajstić information content (AvgIpc) is 3.06. The van der Waals surface area contributed by atoms with Crippen LogP contribution in [0.25, 0.3) is 5.65 Å². The van der Waals surface area contributed by atoms with E-state index in [1.54, 1.807) is 12.1 Å². The molecule has 0 aliphatic rings. The third-order valence-corrected chi connectivity index (χ3v) is 5.43. The van der Waals surface area contributed by atoms with Crippen LogP contribution in [-0.4, -0.2) is 36.9 Å². The van der Waals surface area contributed by atoms with E-state index in [4.69, 9.17) is 4.74 Å². The van der Waals surface area contributed by atoms with Crippen molar-refractivity contribution < 1.29 is 17.9 Å². The molecule has 0 saturated carbocycles. The van der Waals surface area contributed by atoms with Crippen LogP contribution in [0.15, 0.2) is 53.7 Å². The maximum Gasteiger partial charge on any atom is 0.240 e. The third kappa shape index (κ3) is 4.68. The normalized spacial score (nSPS) is 11.5. The van der Waals surface area contributed by atoms with Gasteiger partial charge < -0.3 is 14.5 Å². The third-order valence-electron chi connectivity index (χ3n) is 3.95. The number of amides is 1. The Hall–Kier alpha value is -2.91. The molecule has 148 valence electrons. The Morgan fingerprint density at radius 3 is 2.64 bits per heavy atom. The Balaban J connectivity index is 1.64. The molecule has 0 aliphatic heterocycles. The van der Waals surface area contributed by atoms with Crippen molar-refractivity contribution in [2.75, 3.05) is 18.5 Å². The van der Waals surface area contributed by atoms with E-state index in [0.717, 1.165) is 5.69 Å². The lowest BCUT2D eigenvalue weighted by Crippen LogP contribution is -2.26. The van der Waals surface area contributed by atoms with Gasteiger partial charge in [-0.25, -0.2) is 18.1 Å². The molecule has 28 heavy (non-hydrogen) atoms. The minimum atomic E-state index is -3.64. The zero-order chi connectivity index (χ0) is 20.1. The summed E-state index contributed by atoms with van der Waals surface area (Å²) in [5, 5.41) is 2.60. The van der Waals surface area contributed by atoms with Gasteiger partial charge in [-0.1, -0.05) is 0 Å². The lowest BCUT2D eigenvalue weighted by atomic mass is 10.3. The van der Waals surface area contributed by atoms with Crippen LogP contribution in [0.4, 0.5) is 5.69 Å². The first-order chi connectivity index (χ1) is 13.4. The molecule has 0 bridgehead atoms. The number of nitrogens with zero attached hydrogens (tertiary/aromatic N) is 2. The van der Waals surface area contributed by atoms with Crippen molar-refractivity contribution in [2.45, 2.75) is 25.2 Å². The fourth-order valence-corrected chi connectivity index (χ4v) is 3.78. The van der Waals surface area contributed by atoms with E-state index in [2.05, 4.69) is 15.0 Å². The van der Waals surface area contributed by atoms with E-state index >= 15 is 0 Å². The molecule has 1 aromatic carbocycles. The number of nitrogens with one attached hydrogen (secondary N) is 2. The lowest BCUT2D eigenvalue weighted by molar-refractivity contribution is -0.114. The maximum absolute atomic E-state index is 12.4. The van der Waals surface area contributed by atoms with Gasteiger partial charge in [0.2, 0.25) is 15.9 Å². The molecule has 0 saturated heterocycles. The molecule has 9 heteroatoms. The molecular formula is C19H22N4O4S. The number of benzene rings is 1. The molecule has 1 amide bonds. The summed E-state index contributed by atoms with van der Waals surface area (Å²) in [7, 11) is -3.64. The minimum absolute atomic E-state index is 0.134. The number of rotatable bonds is 8. The van der Waals surface area contributed by atoms with E-state index in [1.807, 2.05) is 35.9 Å². The molecule has 3 aromatic rings. The van der Waals surface area contributed by atoms with Crippen LogP contribution in [0.3, 0.4) is 0 Å². The van der Waals surface area contributed by atoms with E-state index in [1.165, 1.54) is 19.1 Å². The SMILES string of the molecule is CCOc1cccn2cc(CCNS(=O)(=O)c3ccc(NC(C)=O)cc3)nc12. The first-order valence-corrected chi connectivity index (χ1v) is 10.3. The second-order valence-electron chi connectivity index (χ2n) is 6.12. The van der Waals surface area contributed by atoms with Crippen LogP contribution in [0, 0.1) is 0 Å². The van der Waals surface area contributed by atoms with Crippen LogP contribution < -0.4 is 14.8 Å². The molecule has 8 nitrogen and oxygen atoms in total. The molecule has 0 unspecified atom stereocenters. The highest BCUT2D eigenvalue weighted by atomic mass is 32.2. The highest BCUT2D eigenvalue weighted by Gasteiger charge is 2.14. The Labute approximate surface area is 163 Å². The van der Waals surface area contributed by atoms with Crippen molar-refractivity contribution in [1.82, 2.24) is 14.1 Å². The van der Waals surface area contributed by atoms with E-state index in [9.17, 15) is 13.2 Å². The maximum atomic E-state index is 12.4. The van der Waals surface area contributed by atoms with Crippen LogP contribution in [0.1, 0.15) is 19.5 Å². The number of carbonyl (C=O) groups is 1. The van der Waals surface area contributed by atoms with Crippen molar-refractivity contribution in [3.05, 3.63) is 54.5 Å². The standard InChI is InChI=1S/C19H22N4O4S/c1-3-27-18-5-4-12-23-13-16(22-19(18)23)10-11-20-28(25,26)17-8-6-15(7-9-17)21-14(2)24/h4-9,12-13,20H,3,10-11H2,1-2H3,(H,21,24). The Morgan fingerprint density at radius 1 is 1.21 bits per heavy atom. The van der Waals surface area contributed by atoms with Gasteiger partial charge >= 0.3 is 0 Å². The van der Waals surface area contributed by atoms with Crippen molar-refractivity contribution in [2.24, 2.45) is 0 Å². The van der Waals surface area contributed by atoms with Crippen LogP contribution in [0.2, 0.25) is 0 Å². The predicted octanol–water partition coefficient (Wildman–Crippen LogP) is 2.21. The quantitative estimate of drug-likeness (QED) is 0.602. The van der Waals surface area contributed by atoms with E-state index in [0.29, 0.717) is 30.1 Å². The van der Waals surface area contributed by atoms with Crippen LogP contribution in [0.5, 0.6) is 5.75 Å². The number of anilines is 1. The molecule has 0 atom stereocenters. The predicted molar refractivity (Wildman–Crippen MR) is 106 cm³/mol. The first-order valence-electron chi connectivity index (χ1n) is 8.86. The summed E-state index contributed by atoms with van der Waals surface area (Å²) in [6.45, 7) is 4.06. The van der Waals surface area contributed by atoms with Gasteiger partial charge in [-0.2, -0.15) is 0 Å². The van der Waals surface area contributed by atoms with Gasteiger partial charge in [0.05, 0.1) is 17.2 Å². The Morgan fingerprint density at radius 2 is 1.96 bits per heavy atom. The second kappa shape index (κ2) is 8.41. The number of ether oxygens (including phenoxy) is 1. The first kappa shape index (κ1) is 19.8. The summed E-state index contributed by atoms with van der Waals surface area (Å²) >= 11 is 0. The number of aromatic nitrogens is 2. The summed E-state index contributed by atoms with van der Waals surface area (Å²) in [4.78, 5) is 15.7. The van der Waals surface area contributed by atoms with Gasteiger partial charge in [-0.15, -0.1) is 0 Å². The Bertz CT molecular complexity index is 1080. The molecular weight excluding hydrogens is 380 g/mol. The summed E-state index contributed by atoms with van der Waals surface area (Å²) in [5.41, 5.74) is 2.01. The monoisotopic (exact) mass is 402 g/mol. The molecule has 0 aliphatic carbocycles. The molecule has 0 fully saturated rings. The molecule has 2 heterocycles.